The highest BCUT2D eigenvalue weighted by Gasteiger charge is 2.22. The highest BCUT2D eigenvalue weighted by molar-refractivity contribution is 5.92. The van der Waals surface area contributed by atoms with E-state index in [0.717, 1.165) is 12.8 Å². The summed E-state index contributed by atoms with van der Waals surface area (Å²) in [7, 11) is 0. The number of urea groups is 1. The molecule has 0 aliphatic carbocycles. The largest absolute Gasteiger partial charge is 0.435 e. The number of anilines is 1. The van der Waals surface area contributed by atoms with Crippen LogP contribution in [0.2, 0.25) is 0 Å². The molecule has 7 nitrogen and oxygen atoms in total. The topological polar surface area (TPSA) is 91.5 Å². The Morgan fingerprint density at radius 1 is 1.32 bits per heavy atom. The molecule has 1 aromatic carbocycles. The van der Waals surface area contributed by atoms with Crippen molar-refractivity contribution < 1.29 is 14.3 Å². The van der Waals surface area contributed by atoms with Crippen LogP contribution in [0.5, 0.6) is 0 Å². The van der Waals surface area contributed by atoms with Crippen LogP contribution in [0, 0.1) is 0 Å². The monoisotopic (exact) mass is 338 g/mol. The number of hydrogen-bond donors (Lipinski definition) is 2. The Morgan fingerprint density at radius 2 is 2.24 bits per heavy atom. The molecule has 1 fully saturated rings. The first kappa shape index (κ1) is 15.6. The molecule has 0 spiro atoms. The summed E-state index contributed by atoms with van der Waals surface area (Å²) < 4.78 is 5.76. The summed E-state index contributed by atoms with van der Waals surface area (Å²) in [6.07, 6.45) is 2.79. The number of β-amino-alcohol motifs (C(OH)–C–C–N with tert-alkyl or cyclic N) is 1. The van der Waals surface area contributed by atoms with E-state index in [-0.39, 0.29) is 6.03 Å². The van der Waals surface area contributed by atoms with E-state index in [2.05, 4.69) is 15.3 Å². The molecule has 1 aliphatic heterocycles. The Labute approximate surface area is 144 Å². The van der Waals surface area contributed by atoms with Crippen molar-refractivity contribution in [1.82, 2.24) is 14.9 Å². The van der Waals surface area contributed by atoms with Gasteiger partial charge in [-0.05, 0) is 37.1 Å². The minimum Gasteiger partial charge on any atom is -0.435 e. The lowest BCUT2D eigenvalue weighted by atomic mass is 10.1. The Balaban J connectivity index is 1.54. The minimum atomic E-state index is -0.447. The predicted octanol–water partition coefficient (Wildman–Crippen LogP) is 2.88. The van der Waals surface area contributed by atoms with Gasteiger partial charge in [0.05, 0.1) is 6.10 Å². The first-order chi connectivity index (χ1) is 12.2. The molecule has 1 saturated heterocycles. The van der Waals surface area contributed by atoms with Gasteiger partial charge in [0, 0.05) is 31.0 Å². The van der Waals surface area contributed by atoms with Crippen LogP contribution in [0.15, 0.2) is 47.0 Å². The van der Waals surface area contributed by atoms with Gasteiger partial charge in [0.25, 0.3) is 0 Å². The minimum absolute atomic E-state index is 0.220. The number of pyridine rings is 1. The van der Waals surface area contributed by atoms with Crippen molar-refractivity contribution in [3.05, 3.63) is 42.6 Å². The zero-order valence-corrected chi connectivity index (χ0v) is 13.6. The quantitative estimate of drug-likeness (QED) is 0.750. The molecule has 4 rings (SSSR count). The lowest BCUT2D eigenvalue weighted by molar-refractivity contribution is 0.0883. The number of aliphatic hydroxyl groups excluding tert-OH is 1. The van der Waals surface area contributed by atoms with Gasteiger partial charge in [-0.25, -0.2) is 9.78 Å². The van der Waals surface area contributed by atoms with E-state index in [0.29, 0.717) is 41.5 Å². The first-order valence-electron chi connectivity index (χ1n) is 8.25. The standard InChI is InChI=1S/C18H18N4O3/c23-13-4-3-9-22(11-13)18(24)20-12-6-7-14-16(10-12)25-17(21-14)15-5-1-2-8-19-15/h1-2,5-8,10,13,23H,3-4,9,11H2,(H,20,24). The number of carbonyl (C=O) groups excluding carboxylic acids is 1. The number of carbonyl (C=O) groups is 1. The average molecular weight is 338 g/mol. The molecule has 0 saturated carbocycles. The number of nitrogens with zero attached hydrogens (tertiary/aromatic N) is 3. The van der Waals surface area contributed by atoms with Crippen molar-refractivity contribution in [2.45, 2.75) is 18.9 Å². The fourth-order valence-corrected chi connectivity index (χ4v) is 2.94. The summed E-state index contributed by atoms with van der Waals surface area (Å²) in [6.45, 7) is 1.01. The maximum atomic E-state index is 12.3. The van der Waals surface area contributed by atoms with Gasteiger partial charge >= 0.3 is 6.03 Å². The van der Waals surface area contributed by atoms with Crippen LogP contribution in [-0.4, -0.2) is 45.2 Å². The third-order valence-electron chi connectivity index (χ3n) is 4.21. The van der Waals surface area contributed by atoms with E-state index in [9.17, 15) is 9.90 Å². The van der Waals surface area contributed by atoms with E-state index in [1.54, 1.807) is 29.3 Å². The van der Waals surface area contributed by atoms with Gasteiger partial charge in [-0.1, -0.05) is 6.07 Å². The highest BCUT2D eigenvalue weighted by Crippen LogP contribution is 2.25. The fraction of sp³-hybridized carbons (Fsp3) is 0.278. The number of rotatable bonds is 2. The summed E-state index contributed by atoms with van der Waals surface area (Å²) in [5.41, 5.74) is 2.57. The molecule has 3 heterocycles. The predicted molar refractivity (Wildman–Crippen MR) is 93.1 cm³/mol. The van der Waals surface area contributed by atoms with Crippen LogP contribution in [0.1, 0.15) is 12.8 Å². The van der Waals surface area contributed by atoms with Gasteiger partial charge in [0.15, 0.2) is 5.58 Å². The smallest absolute Gasteiger partial charge is 0.321 e. The number of likely N-dealkylation sites (tertiary alicyclic amines) is 1. The van der Waals surface area contributed by atoms with Crippen LogP contribution in [0.4, 0.5) is 10.5 Å². The van der Waals surface area contributed by atoms with E-state index in [1.807, 2.05) is 18.2 Å². The third-order valence-corrected chi connectivity index (χ3v) is 4.21. The molecule has 1 atom stereocenters. The molecule has 3 aromatic rings. The van der Waals surface area contributed by atoms with Crippen LogP contribution in [-0.2, 0) is 0 Å². The number of aromatic nitrogens is 2. The lowest BCUT2D eigenvalue weighted by Crippen LogP contribution is -2.44. The molecule has 2 amide bonds. The Morgan fingerprint density at radius 3 is 3.04 bits per heavy atom. The van der Waals surface area contributed by atoms with E-state index in [1.165, 1.54) is 0 Å². The molecule has 2 aromatic heterocycles. The van der Waals surface area contributed by atoms with Gasteiger partial charge in [0.1, 0.15) is 11.2 Å². The zero-order chi connectivity index (χ0) is 17.2. The summed E-state index contributed by atoms with van der Waals surface area (Å²) >= 11 is 0. The summed E-state index contributed by atoms with van der Waals surface area (Å²) in [5, 5.41) is 12.5. The Hall–Kier alpha value is -2.93. The van der Waals surface area contributed by atoms with Crippen LogP contribution >= 0.6 is 0 Å². The molecule has 1 aliphatic rings. The molecular formula is C18H18N4O3. The van der Waals surface area contributed by atoms with Crippen molar-refractivity contribution in [3.8, 4) is 11.6 Å². The van der Waals surface area contributed by atoms with Crippen molar-refractivity contribution in [3.63, 3.8) is 0 Å². The van der Waals surface area contributed by atoms with Gasteiger partial charge in [-0.3, -0.25) is 4.98 Å². The zero-order valence-electron chi connectivity index (χ0n) is 13.6. The number of piperidine rings is 1. The van der Waals surface area contributed by atoms with Crippen LogP contribution in [0.25, 0.3) is 22.7 Å². The summed E-state index contributed by atoms with van der Waals surface area (Å²) in [5.74, 6) is 0.443. The third kappa shape index (κ3) is 3.32. The maximum Gasteiger partial charge on any atom is 0.321 e. The van der Waals surface area contributed by atoms with Crippen molar-refractivity contribution >= 4 is 22.8 Å². The molecule has 7 heteroatoms. The molecular weight excluding hydrogens is 320 g/mol. The number of amides is 2. The second-order valence-corrected chi connectivity index (χ2v) is 6.09. The van der Waals surface area contributed by atoms with E-state index < -0.39 is 6.10 Å². The second kappa shape index (κ2) is 6.52. The number of nitrogens with one attached hydrogen (secondary N) is 1. The molecule has 128 valence electrons. The first-order valence-corrected chi connectivity index (χ1v) is 8.25. The van der Waals surface area contributed by atoms with Gasteiger partial charge < -0.3 is 19.7 Å². The van der Waals surface area contributed by atoms with E-state index >= 15 is 0 Å². The van der Waals surface area contributed by atoms with Crippen LogP contribution in [0.3, 0.4) is 0 Å². The number of aliphatic hydroxyl groups is 1. The number of hydrogen-bond acceptors (Lipinski definition) is 5. The number of fused-ring (bicyclic) bond motifs is 1. The normalized spacial score (nSPS) is 17.6. The Bertz CT molecular complexity index is 894. The van der Waals surface area contributed by atoms with Gasteiger partial charge in [0.2, 0.25) is 5.89 Å². The summed E-state index contributed by atoms with van der Waals surface area (Å²) in [6, 6.07) is 10.6. The number of oxazole rings is 1. The SMILES string of the molecule is O=C(Nc1ccc2nc(-c3ccccn3)oc2c1)N1CCCC(O)C1. The highest BCUT2D eigenvalue weighted by atomic mass is 16.3. The van der Waals surface area contributed by atoms with E-state index in [4.69, 9.17) is 4.42 Å². The number of benzene rings is 1. The van der Waals surface area contributed by atoms with Crippen LogP contribution < -0.4 is 5.32 Å². The molecule has 0 radical (unpaired) electrons. The molecule has 2 N–H and O–H groups in total. The Kier molecular flexibility index (Phi) is 4.07. The maximum absolute atomic E-state index is 12.3. The van der Waals surface area contributed by atoms with Gasteiger partial charge in [-0.2, -0.15) is 0 Å². The summed E-state index contributed by atoms with van der Waals surface area (Å²) in [4.78, 5) is 22.6. The second-order valence-electron chi connectivity index (χ2n) is 6.09. The molecule has 0 bridgehead atoms. The fourth-order valence-electron chi connectivity index (χ4n) is 2.94. The molecule has 25 heavy (non-hydrogen) atoms. The molecule has 1 unspecified atom stereocenters. The van der Waals surface area contributed by atoms with Gasteiger partial charge in [-0.15, -0.1) is 0 Å². The average Bonchev–Trinajstić information content (AvgIpc) is 3.06. The lowest BCUT2D eigenvalue weighted by Gasteiger charge is -2.30. The van der Waals surface area contributed by atoms with Crippen molar-refractivity contribution in [2.24, 2.45) is 0 Å². The van der Waals surface area contributed by atoms with Crippen molar-refractivity contribution in [1.29, 1.82) is 0 Å². The van der Waals surface area contributed by atoms with Crippen molar-refractivity contribution in [2.75, 3.05) is 18.4 Å².